The molecule has 0 saturated heterocycles. The SMILES string of the molecule is C[Si](C)(C)c1cccc(P([Si](C)(C)C)[Si](C)(C)C)n1. The van der Waals surface area contributed by atoms with Crippen molar-refractivity contribution >= 4 is 41.3 Å². The van der Waals surface area contributed by atoms with Gasteiger partial charge in [-0.25, -0.2) is 0 Å². The standard InChI is InChI=1S/C14H30NPSi3/c1-17(2,3)14-12-10-11-13(15-14)16(18(4,5)6)19(7,8)9/h10-12H,1-9H3. The fourth-order valence-corrected chi connectivity index (χ4v) is 36.7. The highest BCUT2D eigenvalue weighted by Crippen LogP contribution is 2.53. The van der Waals surface area contributed by atoms with Crippen molar-refractivity contribution in [3.05, 3.63) is 18.2 Å². The van der Waals surface area contributed by atoms with Gasteiger partial charge in [-0.1, -0.05) is 72.0 Å². The molecule has 0 aliphatic carbocycles. The summed E-state index contributed by atoms with van der Waals surface area (Å²) in [6.45, 7) is 22.3. The Hall–Kier alpha value is 0.231. The second-order valence-corrected chi connectivity index (χ2v) is 35.2. The molecular formula is C14H30NPSi3. The van der Waals surface area contributed by atoms with Gasteiger partial charge >= 0.3 is 0 Å². The largest absolute Gasteiger partial charge is 0.259 e. The summed E-state index contributed by atoms with van der Waals surface area (Å²) in [6.07, 6.45) is 0. The molecular weight excluding hydrogens is 297 g/mol. The summed E-state index contributed by atoms with van der Waals surface area (Å²) in [6, 6.07) is 6.81. The maximum Gasteiger partial charge on any atom is 0.101 e. The Morgan fingerprint density at radius 2 is 1.26 bits per heavy atom. The average molecular weight is 328 g/mol. The molecule has 1 aromatic rings. The molecule has 19 heavy (non-hydrogen) atoms. The molecule has 0 atom stereocenters. The summed E-state index contributed by atoms with van der Waals surface area (Å²) < 4.78 is 0. The van der Waals surface area contributed by atoms with E-state index >= 15 is 0 Å². The molecule has 1 rings (SSSR count). The maximum absolute atomic E-state index is 5.14. The summed E-state index contributed by atoms with van der Waals surface area (Å²) >= 11 is 0. The van der Waals surface area contributed by atoms with E-state index in [0.717, 1.165) is 0 Å². The van der Waals surface area contributed by atoms with Crippen molar-refractivity contribution in [3.63, 3.8) is 0 Å². The molecule has 0 aliphatic rings. The van der Waals surface area contributed by atoms with Gasteiger partial charge in [0.15, 0.2) is 0 Å². The molecule has 0 bridgehead atoms. The highest BCUT2D eigenvalue weighted by Gasteiger charge is 2.39. The van der Waals surface area contributed by atoms with Gasteiger partial charge < -0.3 is 0 Å². The molecule has 0 saturated carbocycles. The molecule has 0 fully saturated rings. The highest BCUT2D eigenvalue weighted by atomic mass is 31.6. The molecule has 0 spiro atoms. The van der Waals surface area contributed by atoms with E-state index < -0.39 is 23.6 Å². The minimum absolute atomic E-state index is 0.0123. The van der Waals surface area contributed by atoms with Gasteiger partial charge in [0.05, 0.1) is 20.9 Å². The van der Waals surface area contributed by atoms with Crippen molar-refractivity contribution in [3.8, 4) is 0 Å². The maximum atomic E-state index is 5.14. The van der Waals surface area contributed by atoms with E-state index in [2.05, 4.69) is 77.1 Å². The lowest BCUT2D eigenvalue weighted by molar-refractivity contribution is 1.42. The number of hydrogen-bond donors (Lipinski definition) is 0. The third kappa shape index (κ3) is 4.62. The third-order valence-corrected chi connectivity index (χ3v) is 29.8. The smallest absolute Gasteiger partial charge is 0.101 e. The normalized spacial score (nSPS) is 14.0. The molecule has 5 heteroatoms. The average Bonchev–Trinajstić information content (AvgIpc) is 2.11. The van der Waals surface area contributed by atoms with Crippen LogP contribution in [0.5, 0.6) is 0 Å². The van der Waals surface area contributed by atoms with Crippen LogP contribution in [0.1, 0.15) is 0 Å². The van der Waals surface area contributed by atoms with Crippen molar-refractivity contribution in [1.29, 1.82) is 0 Å². The zero-order valence-electron chi connectivity index (χ0n) is 14.1. The third-order valence-electron chi connectivity index (χ3n) is 3.07. The molecule has 0 aliphatic heterocycles. The number of pyridine rings is 1. The van der Waals surface area contributed by atoms with Crippen molar-refractivity contribution < 1.29 is 0 Å². The van der Waals surface area contributed by atoms with Crippen LogP contribution in [0, 0.1) is 0 Å². The van der Waals surface area contributed by atoms with Gasteiger partial charge in [0.25, 0.3) is 0 Å². The first kappa shape index (κ1) is 17.3. The van der Waals surface area contributed by atoms with Crippen LogP contribution >= 0.6 is 7.02 Å². The van der Waals surface area contributed by atoms with E-state index in [1.54, 1.807) is 0 Å². The lowest BCUT2D eigenvalue weighted by Crippen LogP contribution is -2.45. The summed E-state index contributed by atoms with van der Waals surface area (Å²) in [5, 5.41) is 1.38. The van der Waals surface area contributed by atoms with Gasteiger partial charge in [-0.15, -0.1) is 0 Å². The number of aromatic nitrogens is 1. The Labute approximate surface area is 123 Å². The minimum atomic E-state index is -1.30. The van der Waals surface area contributed by atoms with E-state index in [0.29, 0.717) is 0 Å². The van der Waals surface area contributed by atoms with Crippen LogP contribution in [0.15, 0.2) is 18.2 Å². The van der Waals surface area contributed by atoms with Crippen LogP contribution in [-0.4, -0.2) is 28.5 Å². The van der Waals surface area contributed by atoms with E-state index in [9.17, 15) is 0 Å². The van der Waals surface area contributed by atoms with Crippen molar-refractivity contribution in [2.24, 2.45) is 0 Å². The first-order chi connectivity index (χ1) is 8.33. The van der Waals surface area contributed by atoms with E-state index in [-0.39, 0.29) is 7.02 Å². The van der Waals surface area contributed by atoms with E-state index in [4.69, 9.17) is 4.98 Å². The van der Waals surface area contributed by atoms with Crippen molar-refractivity contribution in [2.45, 2.75) is 58.9 Å². The molecule has 0 unspecified atom stereocenters. The predicted octanol–water partition coefficient (Wildman–Crippen LogP) is 4.40. The van der Waals surface area contributed by atoms with Gasteiger partial charge in [0.1, 0.15) is 8.07 Å². The van der Waals surface area contributed by atoms with Crippen LogP contribution in [0.2, 0.25) is 58.9 Å². The molecule has 0 N–H and O–H groups in total. The first-order valence-corrected chi connectivity index (χ1v) is 20.6. The van der Waals surface area contributed by atoms with Gasteiger partial charge in [0, 0.05) is 5.32 Å². The van der Waals surface area contributed by atoms with Gasteiger partial charge in [-0.05, 0) is 12.1 Å². The zero-order valence-corrected chi connectivity index (χ0v) is 18.0. The van der Waals surface area contributed by atoms with Crippen LogP contribution in [0.4, 0.5) is 0 Å². The number of rotatable bonds is 4. The summed E-state index contributed by atoms with van der Waals surface area (Å²) in [7, 11) is -3.64. The summed E-state index contributed by atoms with van der Waals surface area (Å²) in [4.78, 5) is 5.14. The molecule has 108 valence electrons. The molecule has 0 amide bonds. The fourth-order valence-electron chi connectivity index (χ4n) is 2.66. The highest BCUT2D eigenvalue weighted by molar-refractivity contribution is 8.22. The lowest BCUT2D eigenvalue weighted by atomic mass is 10.5. The van der Waals surface area contributed by atoms with E-state index in [1.807, 2.05) is 0 Å². The molecule has 1 heterocycles. The quantitative estimate of drug-likeness (QED) is 0.590. The van der Waals surface area contributed by atoms with Crippen LogP contribution in [-0.2, 0) is 0 Å². The Morgan fingerprint density at radius 1 is 0.789 bits per heavy atom. The lowest BCUT2D eigenvalue weighted by Gasteiger charge is -2.39. The zero-order chi connectivity index (χ0) is 15.1. The molecule has 1 aromatic heterocycles. The van der Waals surface area contributed by atoms with Gasteiger partial charge in [0.2, 0.25) is 0 Å². The van der Waals surface area contributed by atoms with Crippen LogP contribution in [0.3, 0.4) is 0 Å². The molecule has 1 nitrogen and oxygen atoms in total. The monoisotopic (exact) mass is 327 g/mol. The Kier molecular flexibility index (Phi) is 5.05. The van der Waals surface area contributed by atoms with Crippen molar-refractivity contribution in [1.82, 2.24) is 4.98 Å². The van der Waals surface area contributed by atoms with E-state index in [1.165, 1.54) is 10.8 Å². The van der Waals surface area contributed by atoms with Gasteiger partial charge in [-0.2, -0.15) is 0 Å². The van der Waals surface area contributed by atoms with Crippen molar-refractivity contribution in [2.75, 3.05) is 0 Å². The molecule has 0 aromatic carbocycles. The van der Waals surface area contributed by atoms with Crippen LogP contribution < -0.4 is 10.8 Å². The first-order valence-electron chi connectivity index (χ1n) is 7.11. The Bertz CT molecular complexity index is 427. The molecule has 0 radical (unpaired) electrons. The Morgan fingerprint density at radius 3 is 1.63 bits per heavy atom. The van der Waals surface area contributed by atoms with Gasteiger partial charge in [-0.3, -0.25) is 4.98 Å². The second-order valence-electron chi connectivity index (χ2n) is 8.31. The summed E-state index contributed by atoms with van der Waals surface area (Å²) in [5.41, 5.74) is 1.45. The Balaban J connectivity index is 3.34. The van der Waals surface area contributed by atoms with Crippen LogP contribution in [0.25, 0.3) is 0 Å². The topological polar surface area (TPSA) is 12.9 Å². The number of hydrogen-bond acceptors (Lipinski definition) is 1. The second kappa shape index (κ2) is 5.55. The number of nitrogens with zero attached hydrogens (tertiary/aromatic N) is 1. The predicted molar refractivity (Wildman–Crippen MR) is 100 cm³/mol. The fraction of sp³-hybridized carbons (Fsp3) is 0.643. The minimum Gasteiger partial charge on any atom is -0.259 e. The summed E-state index contributed by atoms with van der Waals surface area (Å²) in [5.74, 6) is 0.